The molecule has 3 nitrogen and oxygen atoms in total. The summed E-state index contributed by atoms with van der Waals surface area (Å²) in [5.41, 5.74) is 0. The zero-order chi connectivity index (χ0) is 11.5. The average Bonchev–Trinajstić information content (AvgIpc) is 3.13. The van der Waals surface area contributed by atoms with Gasteiger partial charge in [0.2, 0.25) is 5.91 Å². The van der Waals surface area contributed by atoms with E-state index < -0.39 is 0 Å². The van der Waals surface area contributed by atoms with Crippen LogP contribution >= 0.6 is 0 Å². The lowest BCUT2D eigenvalue weighted by Gasteiger charge is -2.29. The molecule has 16 heavy (non-hydrogen) atoms. The minimum atomic E-state index is 0.221. The molecular weight excluding hydrogens is 200 g/mol. The van der Waals surface area contributed by atoms with Crippen LogP contribution in [-0.4, -0.2) is 25.0 Å². The van der Waals surface area contributed by atoms with Gasteiger partial charge in [0, 0.05) is 12.0 Å². The van der Waals surface area contributed by atoms with Gasteiger partial charge in [-0.2, -0.15) is 0 Å². The van der Waals surface area contributed by atoms with Crippen molar-refractivity contribution in [3.05, 3.63) is 0 Å². The molecule has 2 aliphatic rings. The third kappa shape index (κ3) is 2.97. The van der Waals surface area contributed by atoms with Gasteiger partial charge in [-0.15, -0.1) is 0 Å². The van der Waals surface area contributed by atoms with Gasteiger partial charge in [-0.05, 0) is 57.5 Å². The van der Waals surface area contributed by atoms with Gasteiger partial charge in [-0.3, -0.25) is 4.79 Å². The fourth-order valence-corrected chi connectivity index (χ4v) is 2.59. The van der Waals surface area contributed by atoms with Crippen LogP contribution in [0.5, 0.6) is 0 Å². The molecule has 1 saturated carbocycles. The number of carbonyl (C=O) groups excluding carboxylic acids is 1. The smallest absolute Gasteiger partial charge is 0.223 e. The first-order chi connectivity index (χ1) is 7.68. The molecule has 1 aliphatic heterocycles. The van der Waals surface area contributed by atoms with E-state index in [0.717, 1.165) is 13.1 Å². The Balaban J connectivity index is 1.76. The SMILES string of the molecule is CC(NC(=O)C(C)C1CC1)C1CCCNC1. The van der Waals surface area contributed by atoms with Crippen LogP contribution in [0.2, 0.25) is 0 Å². The lowest BCUT2D eigenvalue weighted by atomic mass is 9.92. The van der Waals surface area contributed by atoms with Gasteiger partial charge in [0.05, 0.1) is 0 Å². The van der Waals surface area contributed by atoms with E-state index in [-0.39, 0.29) is 11.8 Å². The fourth-order valence-electron chi connectivity index (χ4n) is 2.59. The Hall–Kier alpha value is -0.570. The van der Waals surface area contributed by atoms with Crippen LogP contribution in [0.1, 0.15) is 39.5 Å². The summed E-state index contributed by atoms with van der Waals surface area (Å²) in [4.78, 5) is 11.9. The molecule has 0 aromatic carbocycles. The molecule has 1 amide bonds. The van der Waals surface area contributed by atoms with Gasteiger partial charge >= 0.3 is 0 Å². The number of nitrogens with one attached hydrogen (secondary N) is 2. The molecule has 0 aromatic rings. The molecule has 2 fully saturated rings. The molecule has 2 rings (SSSR count). The topological polar surface area (TPSA) is 41.1 Å². The van der Waals surface area contributed by atoms with Gasteiger partial charge < -0.3 is 10.6 Å². The molecule has 0 aromatic heterocycles. The molecule has 2 N–H and O–H groups in total. The van der Waals surface area contributed by atoms with Crippen molar-refractivity contribution in [3.8, 4) is 0 Å². The summed E-state index contributed by atoms with van der Waals surface area (Å²) < 4.78 is 0. The van der Waals surface area contributed by atoms with Crippen molar-refractivity contribution in [2.24, 2.45) is 17.8 Å². The Morgan fingerprint density at radius 1 is 1.25 bits per heavy atom. The lowest BCUT2D eigenvalue weighted by Crippen LogP contribution is -2.46. The third-order valence-electron chi connectivity index (χ3n) is 4.15. The Labute approximate surface area is 98.4 Å². The monoisotopic (exact) mass is 224 g/mol. The van der Waals surface area contributed by atoms with Gasteiger partial charge in [0.15, 0.2) is 0 Å². The van der Waals surface area contributed by atoms with E-state index in [1.165, 1.54) is 25.7 Å². The molecular formula is C13H24N2O. The van der Waals surface area contributed by atoms with Gasteiger partial charge in [-0.1, -0.05) is 6.92 Å². The van der Waals surface area contributed by atoms with Crippen LogP contribution < -0.4 is 10.6 Å². The minimum Gasteiger partial charge on any atom is -0.353 e. The fraction of sp³-hybridized carbons (Fsp3) is 0.923. The first-order valence-electron chi connectivity index (χ1n) is 6.69. The summed E-state index contributed by atoms with van der Waals surface area (Å²) in [6, 6.07) is 0.321. The minimum absolute atomic E-state index is 0.221. The van der Waals surface area contributed by atoms with Crippen molar-refractivity contribution < 1.29 is 4.79 Å². The standard InChI is InChI=1S/C13H24N2O/c1-9(11-5-6-11)13(16)15-10(2)12-4-3-7-14-8-12/h9-12,14H,3-8H2,1-2H3,(H,15,16). The summed E-state index contributed by atoms with van der Waals surface area (Å²) >= 11 is 0. The van der Waals surface area contributed by atoms with Gasteiger partial charge in [-0.25, -0.2) is 0 Å². The highest BCUT2D eigenvalue weighted by Gasteiger charge is 2.33. The Kier molecular flexibility index (Phi) is 3.85. The summed E-state index contributed by atoms with van der Waals surface area (Å²) in [7, 11) is 0. The molecule has 3 unspecified atom stereocenters. The molecule has 0 spiro atoms. The van der Waals surface area contributed by atoms with Crippen LogP contribution in [-0.2, 0) is 4.79 Å². The maximum absolute atomic E-state index is 11.9. The van der Waals surface area contributed by atoms with Crippen LogP contribution in [0.4, 0.5) is 0 Å². The van der Waals surface area contributed by atoms with E-state index in [4.69, 9.17) is 0 Å². The van der Waals surface area contributed by atoms with Crippen LogP contribution in [0.25, 0.3) is 0 Å². The first-order valence-corrected chi connectivity index (χ1v) is 6.69. The van der Waals surface area contributed by atoms with Crippen molar-refractivity contribution in [1.82, 2.24) is 10.6 Å². The first kappa shape index (κ1) is 11.9. The number of rotatable bonds is 4. The molecule has 0 bridgehead atoms. The van der Waals surface area contributed by atoms with E-state index in [9.17, 15) is 4.79 Å². The molecule has 3 atom stereocenters. The molecule has 1 heterocycles. The molecule has 1 aliphatic carbocycles. The predicted molar refractivity (Wildman–Crippen MR) is 65.1 cm³/mol. The second-order valence-electron chi connectivity index (χ2n) is 5.53. The van der Waals surface area contributed by atoms with Crippen LogP contribution in [0, 0.1) is 17.8 Å². The van der Waals surface area contributed by atoms with Gasteiger partial charge in [0.25, 0.3) is 0 Å². The maximum atomic E-state index is 11.9. The zero-order valence-corrected chi connectivity index (χ0v) is 10.5. The second kappa shape index (κ2) is 5.17. The van der Waals surface area contributed by atoms with Crippen molar-refractivity contribution in [3.63, 3.8) is 0 Å². The van der Waals surface area contributed by atoms with Crippen molar-refractivity contribution in [2.45, 2.75) is 45.6 Å². The van der Waals surface area contributed by atoms with Crippen LogP contribution in [0.15, 0.2) is 0 Å². The third-order valence-corrected chi connectivity index (χ3v) is 4.15. The van der Waals surface area contributed by atoms with E-state index in [1.54, 1.807) is 0 Å². The lowest BCUT2D eigenvalue weighted by molar-refractivity contribution is -0.126. The molecule has 3 heteroatoms. The normalized spacial score (nSPS) is 29.5. The number of hydrogen-bond donors (Lipinski definition) is 2. The van der Waals surface area contributed by atoms with Crippen molar-refractivity contribution in [1.29, 1.82) is 0 Å². The molecule has 0 radical (unpaired) electrons. The largest absolute Gasteiger partial charge is 0.353 e. The number of hydrogen-bond acceptors (Lipinski definition) is 2. The van der Waals surface area contributed by atoms with Crippen molar-refractivity contribution in [2.75, 3.05) is 13.1 Å². The highest BCUT2D eigenvalue weighted by molar-refractivity contribution is 5.79. The number of piperidine rings is 1. The summed E-state index contributed by atoms with van der Waals surface area (Å²) in [6.45, 7) is 6.41. The van der Waals surface area contributed by atoms with E-state index >= 15 is 0 Å². The predicted octanol–water partition coefficient (Wildman–Crippen LogP) is 1.54. The van der Waals surface area contributed by atoms with E-state index in [1.807, 2.05) is 0 Å². The summed E-state index contributed by atoms with van der Waals surface area (Å²) in [5.74, 6) is 1.76. The number of amides is 1. The highest BCUT2D eigenvalue weighted by Crippen LogP contribution is 2.36. The summed E-state index contributed by atoms with van der Waals surface area (Å²) in [5, 5.41) is 6.59. The van der Waals surface area contributed by atoms with Crippen LogP contribution in [0.3, 0.4) is 0 Å². The quantitative estimate of drug-likeness (QED) is 0.760. The van der Waals surface area contributed by atoms with E-state index in [2.05, 4.69) is 24.5 Å². The molecule has 1 saturated heterocycles. The van der Waals surface area contributed by atoms with Crippen molar-refractivity contribution >= 4 is 5.91 Å². The van der Waals surface area contributed by atoms with Gasteiger partial charge in [0.1, 0.15) is 0 Å². The zero-order valence-electron chi connectivity index (χ0n) is 10.5. The summed E-state index contributed by atoms with van der Waals surface area (Å²) in [6.07, 6.45) is 4.97. The Morgan fingerprint density at radius 3 is 2.56 bits per heavy atom. The number of carbonyl (C=O) groups is 1. The average molecular weight is 224 g/mol. The maximum Gasteiger partial charge on any atom is 0.223 e. The van der Waals surface area contributed by atoms with E-state index in [0.29, 0.717) is 17.9 Å². The second-order valence-corrected chi connectivity index (χ2v) is 5.53. The Morgan fingerprint density at radius 2 is 2.00 bits per heavy atom. The molecule has 92 valence electrons. The highest BCUT2D eigenvalue weighted by atomic mass is 16.1. The Bertz CT molecular complexity index is 244.